The van der Waals surface area contributed by atoms with E-state index in [1.165, 1.54) is 0 Å². The Hall–Kier alpha value is -2.28. The number of piperazine rings is 1. The van der Waals surface area contributed by atoms with Crippen LogP contribution < -0.4 is 25.2 Å². The van der Waals surface area contributed by atoms with Gasteiger partial charge in [0.1, 0.15) is 5.75 Å². The molecule has 7 heteroatoms. The molecule has 2 aliphatic rings. The number of carbonyl (C=O) groups is 2. The largest absolute Gasteiger partial charge is 0.495 e. The van der Waals surface area contributed by atoms with Gasteiger partial charge in [-0.2, -0.15) is 0 Å². The highest BCUT2D eigenvalue weighted by Crippen LogP contribution is 2.33. The van der Waals surface area contributed by atoms with Crippen molar-refractivity contribution in [2.45, 2.75) is 6.42 Å². The maximum atomic E-state index is 12.1. The van der Waals surface area contributed by atoms with Gasteiger partial charge >= 0.3 is 6.03 Å². The summed E-state index contributed by atoms with van der Waals surface area (Å²) in [7, 11) is 1.58. The van der Waals surface area contributed by atoms with Gasteiger partial charge in [0.25, 0.3) is 0 Å². The van der Waals surface area contributed by atoms with Crippen LogP contribution in [0.4, 0.5) is 16.2 Å². The lowest BCUT2D eigenvalue weighted by Gasteiger charge is -2.32. The summed E-state index contributed by atoms with van der Waals surface area (Å²) in [5, 5.41) is 5.67. The first kappa shape index (κ1) is 14.6. The van der Waals surface area contributed by atoms with Gasteiger partial charge in [0.2, 0.25) is 5.91 Å². The van der Waals surface area contributed by atoms with Crippen molar-refractivity contribution in [1.29, 1.82) is 0 Å². The fourth-order valence-electron chi connectivity index (χ4n) is 2.80. The zero-order chi connectivity index (χ0) is 15.5. The van der Waals surface area contributed by atoms with Crippen LogP contribution in [0.5, 0.6) is 5.75 Å². The Morgan fingerprint density at radius 1 is 1.14 bits per heavy atom. The molecule has 2 N–H and O–H groups in total. The number of methoxy groups -OCH3 is 1. The molecule has 3 amide bonds. The fourth-order valence-corrected chi connectivity index (χ4v) is 2.80. The maximum Gasteiger partial charge on any atom is 0.328 e. The van der Waals surface area contributed by atoms with Crippen molar-refractivity contribution in [3.05, 3.63) is 18.2 Å². The van der Waals surface area contributed by atoms with Crippen LogP contribution in [0.25, 0.3) is 0 Å². The van der Waals surface area contributed by atoms with E-state index in [2.05, 4.69) is 15.5 Å². The number of hydrogen-bond acceptors (Lipinski definition) is 5. The molecule has 2 heterocycles. The van der Waals surface area contributed by atoms with Crippen LogP contribution in [-0.2, 0) is 4.79 Å². The molecule has 0 spiro atoms. The van der Waals surface area contributed by atoms with E-state index in [0.717, 1.165) is 31.9 Å². The number of urea groups is 1. The van der Waals surface area contributed by atoms with Gasteiger partial charge in [0.05, 0.1) is 12.8 Å². The predicted molar refractivity (Wildman–Crippen MR) is 83.6 cm³/mol. The highest BCUT2D eigenvalue weighted by atomic mass is 16.5. The molecule has 2 fully saturated rings. The molecule has 118 valence electrons. The molecular weight excluding hydrogens is 284 g/mol. The van der Waals surface area contributed by atoms with E-state index in [-0.39, 0.29) is 5.91 Å². The molecule has 0 bridgehead atoms. The van der Waals surface area contributed by atoms with E-state index in [0.29, 0.717) is 24.4 Å². The minimum atomic E-state index is -0.396. The molecule has 0 radical (unpaired) electrons. The summed E-state index contributed by atoms with van der Waals surface area (Å²) >= 11 is 0. The third-order valence-electron chi connectivity index (χ3n) is 3.99. The van der Waals surface area contributed by atoms with Crippen molar-refractivity contribution in [3.8, 4) is 5.75 Å². The number of nitrogens with zero attached hydrogens (tertiary/aromatic N) is 2. The summed E-state index contributed by atoms with van der Waals surface area (Å²) in [5.74, 6) is 0.391. The SMILES string of the molecule is COc1ccc(N2CCNCC2)cc1N1CCC(=O)NC1=O. The van der Waals surface area contributed by atoms with Gasteiger partial charge in [-0.3, -0.25) is 15.0 Å². The van der Waals surface area contributed by atoms with Crippen LogP contribution in [0.15, 0.2) is 18.2 Å². The van der Waals surface area contributed by atoms with Crippen molar-refractivity contribution in [3.63, 3.8) is 0 Å². The van der Waals surface area contributed by atoms with Crippen LogP contribution in [0, 0.1) is 0 Å². The molecule has 7 nitrogen and oxygen atoms in total. The normalized spacial score (nSPS) is 19.1. The van der Waals surface area contributed by atoms with Crippen LogP contribution in [0.2, 0.25) is 0 Å². The van der Waals surface area contributed by atoms with Crippen LogP contribution in [0.3, 0.4) is 0 Å². The van der Waals surface area contributed by atoms with Crippen LogP contribution in [-0.4, -0.2) is 51.8 Å². The first-order valence-electron chi connectivity index (χ1n) is 7.44. The van der Waals surface area contributed by atoms with Gasteiger partial charge in [-0.15, -0.1) is 0 Å². The highest BCUT2D eigenvalue weighted by Gasteiger charge is 2.27. The highest BCUT2D eigenvalue weighted by molar-refractivity contribution is 6.06. The van der Waals surface area contributed by atoms with E-state index < -0.39 is 6.03 Å². The Kier molecular flexibility index (Phi) is 4.15. The van der Waals surface area contributed by atoms with Crippen LogP contribution >= 0.6 is 0 Å². The number of carbonyl (C=O) groups excluding carboxylic acids is 2. The molecule has 2 aliphatic heterocycles. The van der Waals surface area contributed by atoms with Crippen molar-refractivity contribution in [2.75, 3.05) is 49.6 Å². The number of amides is 3. The topological polar surface area (TPSA) is 73.9 Å². The lowest BCUT2D eigenvalue weighted by atomic mass is 10.2. The number of anilines is 2. The third-order valence-corrected chi connectivity index (χ3v) is 3.99. The molecule has 0 atom stereocenters. The minimum absolute atomic E-state index is 0.238. The second-order valence-corrected chi connectivity index (χ2v) is 5.35. The lowest BCUT2D eigenvalue weighted by molar-refractivity contribution is -0.120. The van der Waals surface area contributed by atoms with Crippen molar-refractivity contribution < 1.29 is 14.3 Å². The van der Waals surface area contributed by atoms with Gasteiger partial charge in [0.15, 0.2) is 0 Å². The fraction of sp³-hybridized carbons (Fsp3) is 0.467. The summed E-state index contributed by atoms with van der Waals surface area (Å²) in [6, 6.07) is 5.43. The van der Waals surface area contributed by atoms with E-state index in [9.17, 15) is 9.59 Å². The first-order valence-corrected chi connectivity index (χ1v) is 7.44. The Morgan fingerprint density at radius 3 is 2.59 bits per heavy atom. The van der Waals surface area contributed by atoms with E-state index in [1.807, 2.05) is 18.2 Å². The zero-order valence-electron chi connectivity index (χ0n) is 12.6. The average molecular weight is 304 g/mol. The summed E-state index contributed by atoms with van der Waals surface area (Å²) in [5.41, 5.74) is 1.76. The monoisotopic (exact) mass is 304 g/mol. The van der Waals surface area contributed by atoms with Crippen molar-refractivity contribution in [2.24, 2.45) is 0 Å². The van der Waals surface area contributed by atoms with Gasteiger partial charge in [-0.25, -0.2) is 4.79 Å². The maximum absolute atomic E-state index is 12.1. The molecular formula is C15H20N4O3. The molecule has 0 saturated carbocycles. The second-order valence-electron chi connectivity index (χ2n) is 5.35. The van der Waals surface area contributed by atoms with Crippen molar-refractivity contribution >= 4 is 23.3 Å². The molecule has 3 rings (SSSR count). The molecule has 2 saturated heterocycles. The number of rotatable bonds is 3. The molecule has 0 unspecified atom stereocenters. The Balaban J connectivity index is 1.90. The number of ether oxygens (including phenoxy) is 1. The number of hydrogen-bond donors (Lipinski definition) is 2. The van der Waals surface area contributed by atoms with Gasteiger partial charge in [-0.05, 0) is 18.2 Å². The molecule has 1 aromatic carbocycles. The van der Waals surface area contributed by atoms with E-state index in [4.69, 9.17) is 4.74 Å². The molecule has 0 aromatic heterocycles. The second kappa shape index (κ2) is 6.23. The smallest absolute Gasteiger partial charge is 0.328 e. The number of benzene rings is 1. The quantitative estimate of drug-likeness (QED) is 0.853. The predicted octanol–water partition coefficient (Wildman–Crippen LogP) is 0.551. The van der Waals surface area contributed by atoms with Crippen LogP contribution in [0.1, 0.15) is 6.42 Å². The van der Waals surface area contributed by atoms with Gasteiger partial charge in [0, 0.05) is 44.8 Å². The van der Waals surface area contributed by atoms with E-state index >= 15 is 0 Å². The average Bonchev–Trinajstić information content (AvgIpc) is 2.55. The number of imide groups is 1. The zero-order valence-corrected chi connectivity index (χ0v) is 12.6. The minimum Gasteiger partial charge on any atom is -0.495 e. The van der Waals surface area contributed by atoms with Crippen molar-refractivity contribution in [1.82, 2.24) is 10.6 Å². The first-order chi connectivity index (χ1) is 10.7. The summed E-state index contributed by atoms with van der Waals surface area (Å²) in [6.45, 7) is 4.11. The lowest BCUT2D eigenvalue weighted by Crippen LogP contribution is -2.49. The Labute approximate surface area is 129 Å². The van der Waals surface area contributed by atoms with Gasteiger partial charge < -0.3 is 15.0 Å². The standard InChI is InChI=1S/C15H20N4O3/c1-22-13-3-2-11(18-8-5-16-6-9-18)10-12(13)19-7-4-14(20)17-15(19)21/h2-3,10,16H,4-9H2,1H3,(H,17,20,21). The summed E-state index contributed by atoms with van der Waals surface area (Å²) in [6.07, 6.45) is 0.298. The number of nitrogens with one attached hydrogen (secondary N) is 2. The molecule has 1 aromatic rings. The van der Waals surface area contributed by atoms with E-state index in [1.54, 1.807) is 12.0 Å². The summed E-state index contributed by atoms with van der Waals surface area (Å²) in [4.78, 5) is 27.2. The van der Waals surface area contributed by atoms with Gasteiger partial charge in [-0.1, -0.05) is 0 Å². The molecule has 0 aliphatic carbocycles. The summed E-state index contributed by atoms with van der Waals surface area (Å²) < 4.78 is 5.38. The molecule has 22 heavy (non-hydrogen) atoms. The Morgan fingerprint density at radius 2 is 1.91 bits per heavy atom. The Bertz CT molecular complexity index is 584. The third kappa shape index (κ3) is 2.85.